The van der Waals surface area contributed by atoms with Crippen molar-refractivity contribution >= 4 is 5.97 Å². The number of ether oxygens (including phenoxy) is 2. The number of carbonyl (C=O) groups excluding carboxylic acids is 1. The Labute approximate surface area is 107 Å². The lowest BCUT2D eigenvalue weighted by Gasteiger charge is -2.26. The highest BCUT2D eigenvalue weighted by Crippen LogP contribution is 2.26. The van der Waals surface area contributed by atoms with Gasteiger partial charge in [-0.25, -0.2) is 9.78 Å². The highest BCUT2D eigenvalue weighted by molar-refractivity contribution is 5.89. The number of hydrogen-bond acceptors (Lipinski definition) is 4. The Balaban J connectivity index is 1.99. The van der Waals surface area contributed by atoms with Crippen LogP contribution in [0.2, 0.25) is 0 Å². The molecule has 0 unspecified atom stereocenters. The van der Waals surface area contributed by atoms with Gasteiger partial charge in [0.05, 0.1) is 12.7 Å². The average molecular weight is 249 g/mol. The summed E-state index contributed by atoms with van der Waals surface area (Å²) >= 11 is 0. The lowest BCUT2D eigenvalue weighted by Crippen LogP contribution is -2.23. The predicted molar refractivity (Wildman–Crippen MR) is 67.6 cm³/mol. The summed E-state index contributed by atoms with van der Waals surface area (Å²) in [6, 6.07) is 3.27. The summed E-state index contributed by atoms with van der Waals surface area (Å²) in [5, 5.41) is 0. The molecule has 0 aromatic carbocycles. The van der Waals surface area contributed by atoms with E-state index in [9.17, 15) is 4.79 Å². The summed E-state index contributed by atoms with van der Waals surface area (Å²) in [6.45, 7) is 2.27. The van der Waals surface area contributed by atoms with Crippen LogP contribution in [0.15, 0.2) is 18.3 Å². The van der Waals surface area contributed by atoms with Crippen molar-refractivity contribution in [2.45, 2.75) is 38.7 Å². The zero-order valence-corrected chi connectivity index (χ0v) is 10.9. The van der Waals surface area contributed by atoms with Gasteiger partial charge in [-0.1, -0.05) is 6.92 Å². The van der Waals surface area contributed by atoms with E-state index in [-0.39, 0.29) is 12.1 Å². The van der Waals surface area contributed by atoms with Crippen molar-refractivity contribution in [3.8, 4) is 5.88 Å². The van der Waals surface area contributed by atoms with Crippen molar-refractivity contribution < 1.29 is 14.3 Å². The van der Waals surface area contributed by atoms with Crippen molar-refractivity contribution in [1.29, 1.82) is 0 Å². The first-order valence-corrected chi connectivity index (χ1v) is 6.40. The smallest absolute Gasteiger partial charge is 0.338 e. The quantitative estimate of drug-likeness (QED) is 0.773. The molecule has 1 aliphatic carbocycles. The third kappa shape index (κ3) is 3.22. The molecule has 4 heteroatoms. The van der Waals surface area contributed by atoms with Gasteiger partial charge in [0.2, 0.25) is 5.88 Å². The molecular weight excluding hydrogens is 230 g/mol. The number of aromatic nitrogens is 1. The fourth-order valence-corrected chi connectivity index (χ4v) is 2.24. The van der Waals surface area contributed by atoms with E-state index in [4.69, 9.17) is 4.74 Å². The maximum atomic E-state index is 11.4. The van der Waals surface area contributed by atoms with Gasteiger partial charge in [-0.2, -0.15) is 0 Å². The van der Waals surface area contributed by atoms with E-state index in [0.29, 0.717) is 11.4 Å². The van der Waals surface area contributed by atoms with Crippen LogP contribution in [0, 0.1) is 5.92 Å². The van der Waals surface area contributed by atoms with Gasteiger partial charge < -0.3 is 9.47 Å². The minimum absolute atomic E-state index is 0.224. The molecule has 4 nitrogen and oxygen atoms in total. The maximum absolute atomic E-state index is 11.4. The Morgan fingerprint density at radius 2 is 2.06 bits per heavy atom. The molecule has 0 amide bonds. The van der Waals surface area contributed by atoms with Crippen LogP contribution in [0.1, 0.15) is 43.0 Å². The van der Waals surface area contributed by atoms with Crippen molar-refractivity contribution in [3.05, 3.63) is 23.9 Å². The normalized spacial score (nSPS) is 23.4. The Bertz CT molecular complexity index is 411. The topological polar surface area (TPSA) is 48.4 Å². The molecule has 1 saturated carbocycles. The number of carbonyl (C=O) groups is 1. The van der Waals surface area contributed by atoms with Crippen LogP contribution in [0.3, 0.4) is 0 Å². The molecule has 0 spiro atoms. The standard InChI is InChI=1S/C14H19NO3/c1-10-3-5-12(6-4-10)18-13-9-11(7-8-15-13)14(16)17-2/h7-10,12H,3-6H2,1-2H3. The largest absolute Gasteiger partial charge is 0.474 e. The molecule has 2 rings (SSSR count). The van der Waals surface area contributed by atoms with Crippen LogP contribution in [0.4, 0.5) is 0 Å². The van der Waals surface area contributed by atoms with Crippen LogP contribution in [0.5, 0.6) is 5.88 Å². The Morgan fingerprint density at radius 1 is 1.33 bits per heavy atom. The van der Waals surface area contributed by atoms with E-state index in [2.05, 4.69) is 16.6 Å². The number of nitrogens with zero attached hydrogens (tertiary/aromatic N) is 1. The summed E-state index contributed by atoms with van der Waals surface area (Å²) in [4.78, 5) is 15.5. The second-order valence-corrected chi connectivity index (χ2v) is 4.87. The van der Waals surface area contributed by atoms with E-state index >= 15 is 0 Å². The lowest BCUT2D eigenvalue weighted by molar-refractivity contribution is 0.0599. The first-order valence-electron chi connectivity index (χ1n) is 6.40. The van der Waals surface area contributed by atoms with Gasteiger partial charge in [-0.05, 0) is 37.7 Å². The summed E-state index contributed by atoms with van der Waals surface area (Å²) in [6.07, 6.45) is 6.31. The second kappa shape index (κ2) is 5.85. The van der Waals surface area contributed by atoms with Crippen molar-refractivity contribution in [2.24, 2.45) is 5.92 Å². The van der Waals surface area contributed by atoms with Crippen molar-refractivity contribution in [3.63, 3.8) is 0 Å². The molecule has 0 N–H and O–H groups in total. The van der Waals surface area contributed by atoms with Gasteiger partial charge in [0.1, 0.15) is 6.10 Å². The van der Waals surface area contributed by atoms with E-state index in [0.717, 1.165) is 18.8 Å². The molecule has 1 aliphatic rings. The number of esters is 1. The molecule has 1 aromatic heterocycles. The molecule has 0 bridgehead atoms. The zero-order chi connectivity index (χ0) is 13.0. The minimum atomic E-state index is -0.362. The lowest BCUT2D eigenvalue weighted by atomic mass is 9.89. The van der Waals surface area contributed by atoms with Crippen LogP contribution >= 0.6 is 0 Å². The SMILES string of the molecule is COC(=O)c1ccnc(OC2CCC(C)CC2)c1. The summed E-state index contributed by atoms with van der Waals surface area (Å²) < 4.78 is 10.5. The third-order valence-corrected chi connectivity index (χ3v) is 3.41. The molecular formula is C14H19NO3. The Kier molecular flexibility index (Phi) is 4.18. The maximum Gasteiger partial charge on any atom is 0.338 e. The number of pyridine rings is 1. The predicted octanol–water partition coefficient (Wildman–Crippen LogP) is 2.83. The Morgan fingerprint density at radius 3 is 2.72 bits per heavy atom. The van der Waals surface area contributed by atoms with Crippen LogP contribution in [-0.4, -0.2) is 24.2 Å². The van der Waals surface area contributed by atoms with E-state index < -0.39 is 0 Å². The average Bonchev–Trinajstić information content (AvgIpc) is 2.41. The molecule has 18 heavy (non-hydrogen) atoms. The molecule has 98 valence electrons. The second-order valence-electron chi connectivity index (χ2n) is 4.87. The number of methoxy groups -OCH3 is 1. The monoisotopic (exact) mass is 249 g/mol. The molecule has 0 radical (unpaired) electrons. The van der Waals surface area contributed by atoms with Gasteiger partial charge >= 0.3 is 5.97 Å². The molecule has 1 fully saturated rings. The number of rotatable bonds is 3. The fraction of sp³-hybridized carbons (Fsp3) is 0.571. The molecule has 0 saturated heterocycles. The van der Waals surface area contributed by atoms with Crippen molar-refractivity contribution in [1.82, 2.24) is 4.98 Å². The van der Waals surface area contributed by atoms with Crippen LogP contribution in [-0.2, 0) is 4.74 Å². The van der Waals surface area contributed by atoms with Gasteiger partial charge in [0.25, 0.3) is 0 Å². The molecule has 0 atom stereocenters. The third-order valence-electron chi connectivity index (χ3n) is 3.41. The highest BCUT2D eigenvalue weighted by Gasteiger charge is 2.20. The molecule has 0 aliphatic heterocycles. The number of hydrogen-bond donors (Lipinski definition) is 0. The fourth-order valence-electron chi connectivity index (χ4n) is 2.24. The van der Waals surface area contributed by atoms with Crippen LogP contribution in [0.25, 0.3) is 0 Å². The molecule has 1 aromatic rings. The van der Waals surface area contributed by atoms with Gasteiger partial charge in [-0.15, -0.1) is 0 Å². The highest BCUT2D eigenvalue weighted by atomic mass is 16.5. The molecule has 1 heterocycles. The first-order chi connectivity index (χ1) is 8.69. The summed E-state index contributed by atoms with van der Waals surface area (Å²) in [5.41, 5.74) is 0.478. The zero-order valence-electron chi connectivity index (χ0n) is 10.9. The summed E-state index contributed by atoms with van der Waals surface area (Å²) in [7, 11) is 1.37. The van der Waals surface area contributed by atoms with E-state index in [1.165, 1.54) is 20.0 Å². The van der Waals surface area contributed by atoms with E-state index in [1.54, 1.807) is 18.3 Å². The van der Waals surface area contributed by atoms with Crippen LogP contribution < -0.4 is 4.74 Å². The Hall–Kier alpha value is -1.58. The van der Waals surface area contributed by atoms with E-state index in [1.807, 2.05) is 0 Å². The van der Waals surface area contributed by atoms with Gasteiger partial charge in [0, 0.05) is 12.3 Å². The minimum Gasteiger partial charge on any atom is -0.474 e. The summed E-state index contributed by atoms with van der Waals surface area (Å²) in [5.74, 6) is 0.941. The van der Waals surface area contributed by atoms with Gasteiger partial charge in [-0.3, -0.25) is 0 Å². The van der Waals surface area contributed by atoms with Crippen molar-refractivity contribution in [2.75, 3.05) is 7.11 Å². The van der Waals surface area contributed by atoms with Gasteiger partial charge in [0.15, 0.2) is 0 Å². The first kappa shape index (κ1) is 12.9.